The van der Waals surface area contributed by atoms with Gasteiger partial charge in [-0.25, -0.2) is 9.59 Å². The number of ether oxygens (including phenoxy) is 3. The Hall–Kier alpha value is -7.28. The van der Waals surface area contributed by atoms with Crippen molar-refractivity contribution in [2.75, 3.05) is 13.2 Å². The van der Waals surface area contributed by atoms with Crippen LogP contribution in [0.1, 0.15) is 77.8 Å². The predicted octanol–water partition coefficient (Wildman–Crippen LogP) is 6.00. The zero-order chi connectivity index (χ0) is 39.2. The molecule has 276 valence electrons. The van der Waals surface area contributed by atoms with Crippen LogP contribution < -0.4 is 15.9 Å². The molecule has 0 aliphatic carbocycles. The average molecular weight is 739 g/mol. The molecule has 0 aliphatic heterocycles. The molecule has 0 aliphatic rings. The van der Waals surface area contributed by atoms with Gasteiger partial charge in [-0.15, -0.1) is 0 Å². The van der Waals surface area contributed by atoms with Crippen molar-refractivity contribution in [2.24, 2.45) is 0 Å². The quantitative estimate of drug-likeness (QED) is 0.107. The van der Waals surface area contributed by atoms with Gasteiger partial charge in [-0.1, -0.05) is 35.4 Å². The van der Waals surface area contributed by atoms with Crippen molar-refractivity contribution in [3.63, 3.8) is 0 Å². The molecule has 0 saturated heterocycles. The minimum atomic E-state index is -0.870. The van der Waals surface area contributed by atoms with Crippen LogP contribution in [0.4, 0.5) is 0 Å². The van der Waals surface area contributed by atoms with Gasteiger partial charge in [0, 0.05) is 11.1 Å². The fourth-order valence-electron chi connectivity index (χ4n) is 5.42. The number of aryl methyl sites for hydroxylation is 2. The molecule has 0 atom stereocenters. The summed E-state index contributed by atoms with van der Waals surface area (Å²) >= 11 is 0. The number of esters is 2. The molecule has 0 spiro atoms. The second-order valence-electron chi connectivity index (χ2n) is 12.2. The number of nitrogens with zero attached hydrogens (tertiary/aromatic N) is 4. The van der Waals surface area contributed by atoms with E-state index in [9.17, 15) is 28.8 Å². The third-order valence-electron chi connectivity index (χ3n) is 8.30. The summed E-state index contributed by atoms with van der Waals surface area (Å²) in [6, 6.07) is 28.3. The molecule has 0 saturated carbocycles. The van der Waals surface area contributed by atoms with Crippen molar-refractivity contribution in [2.45, 2.75) is 27.7 Å². The zero-order valence-corrected chi connectivity index (χ0v) is 30.3. The molecule has 2 aromatic heterocycles. The Labute approximate surface area is 314 Å². The van der Waals surface area contributed by atoms with E-state index in [1.165, 1.54) is 24.3 Å². The molecule has 0 unspecified atom stereocenters. The summed E-state index contributed by atoms with van der Waals surface area (Å²) in [5.74, 6) is -2.10. The highest BCUT2D eigenvalue weighted by Crippen LogP contribution is 2.24. The second-order valence-corrected chi connectivity index (χ2v) is 12.2. The zero-order valence-electron chi connectivity index (χ0n) is 30.3. The van der Waals surface area contributed by atoms with Gasteiger partial charge in [0.15, 0.2) is 0 Å². The Balaban J connectivity index is 1.22. The summed E-state index contributed by atoms with van der Waals surface area (Å²) in [6.45, 7) is 7.06. The van der Waals surface area contributed by atoms with E-state index in [-0.39, 0.29) is 46.9 Å². The monoisotopic (exact) mass is 738 g/mol. The Morgan fingerprint density at radius 3 is 1.20 bits per heavy atom. The molecule has 0 bridgehead atoms. The van der Waals surface area contributed by atoms with E-state index in [1.807, 2.05) is 13.8 Å². The second kappa shape index (κ2) is 16.2. The Kier molecular flexibility index (Phi) is 11.0. The number of hydrogen-bond donors (Lipinski definition) is 0. The average Bonchev–Trinajstić information content (AvgIpc) is 3.19. The molecule has 0 fully saturated rings. The van der Waals surface area contributed by atoms with Crippen LogP contribution in [-0.4, -0.2) is 56.3 Å². The fraction of sp³-hybridized carbons (Fsp3) is 0.143. The first-order chi connectivity index (χ1) is 26.5. The standard InChI is InChI=1S/C42H34N4O9/c1-5-53-41(51)33-23-35(43-45(39(33)49)29-15-7-25(3)8-16-29)37(47)27-11-19-31(20-12-27)55-32-21-13-28(14-22-32)38(48)36-24-34(42(52)54-6-2)40(50)46(44-36)30-17-9-26(4)10-18-30/h7-24H,5-6H2,1-4H3. The smallest absolute Gasteiger partial charge is 0.343 e. The van der Waals surface area contributed by atoms with Crippen LogP contribution in [0.3, 0.4) is 0 Å². The number of benzene rings is 4. The summed E-state index contributed by atoms with van der Waals surface area (Å²) in [4.78, 5) is 78.9. The third-order valence-corrected chi connectivity index (χ3v) is 8.30. The summed E-state index contributed by atoms with van der Waals surface area (Å²) in [7, 11) is 0. The maximum absolute atomic E-state index is 13.6. The number of hydrogen-bond acceptors (Lipinski definition) is 11. The van der Waals surface area contributed by atoms with Crippen LogP contribution in [0.15, 0.2) is 119 Å². The normalized spacial score (nSPS) is 10.8. The fourth-order valence-corrected chi connectivity index (χ4v) is 5.42. The van der Waals surface area contributed by atoms with Crippen LogP contribution in [0.5, 0.6) is 11.5 Å². The lowest BCUT2D eigenvalue weighted by Gasteiger charge is -2.11. The van der Waals surface area contributed by atoms with E-state index < -0.39 is 34.6 Å². The molecule has 6 rings (SSSR count). The van der Waals surface area contributed by atoms with Crippen LogP contribution in [0.25, 0.3) is 11.4 Å². The topological polar surface area (TPSA) is 166 Å². The lowest BCUT2D eigenvalue weighted by molar-refractivity contribution is 0.0513. The number of rotatable bonds is 12. The van der Waals surface area contributed by atoms with Crippen LogP contribution in [0, 0.1) is 13.8 Å². The number of carbonyl (C=O) groups is 4. The highest BCUT2D eigenvalue weighted by atomic mass is 16.5. The molecule has 0 N–H and O–H groups in total. The van der Waals surface area contributed by atoms with E-state index in [2.05, 4.69) is 10.2 Å². The molecule has 13 nitrogen and oxygen atoms in total. The molecule has 6 aromatic rings. The Morgan fingerprint density at radius 1 is 0.527 bits per heavy atom. The van der Waals surface area contributed by atoms with E-state index in [0.717, 1.165) is 32.6 Å². The van der Waals surface area contributed by atoms with Crippen molar-refractivity contribution in [3.05, 3.63) is 175 Å². The van der Waals surface area contributed by atoms with Crippen molar-refractivity contribution in [1.29, 1.82) is 0 Å². The number of carbonyl (C=O) groups excluding carboxylic acids is 4. The van der Waals surface area contributed by atoms with Crippen LogP contribution in [0.2, 0.25) is 0 Å². The molecule has 0 radical (unpaired) electrons. The Morgan fingerprint density at radius 2 is 0.873 bits per heavy atom. The summed E-state index contributed by atoms with van der Waals surface area (Å²) in [5, 5.41) is 8.56. The van der Waals surface area contributed by atoms with Gasteiger partial charge in [0.25, 0.3) is 11.1 Å². The highest BCUT2D eigenvalue weighted by Gasteiger charge is 2.23. The molecular weight excluding hydrogens is 704 g/mol. The minimum absolute atomic E-state index is 0.0366. The molecule has 55 heavy (non-hydrogen) atoms. The highest BCUT2D eigenvalue weighted by molar-refractivity contribution is 6.09. The van der Waals surface area contributed by atoms with Crippen molar-refractivity contribution in [3.8, 4) is 22.9 Å². The summed E-state index contributed by atoms with van der Waals surface area (Å²) in [6.07, 6.45) is 0. The molecule has 0 amide bonds. The van der Waals surface area contributed by atoms with Gasteiger partial charge in [0.1, 0.15) is 34.0 Å². The maximum Gasteiger partial charge on any atom is 0.343 e. The first-order valence-corrected chi connectivity index (χ1v) is 17.2. The third kappa shape index (κ3) is 8.20. The minimum Gasteiger partial charge on any atom is -0.462 e. The predicted molar refractivity (Wildman–Crippen MR) is 201 cm³/mol. The van der Waals surface area contributed by atoms with Gasteiger partial charge >= 0.3 is 11.9 Å². The lowest BCUT2D eigenvalue weighted by atomic mass is 10.1. The first-order valence-electron chi connectivity index (χ1n) is 17.2. The molecule has 4 aromatic carbocycles. The number of aromatic nitrogens is 4. The van der Waals surface area contributed by atoms with Crippen molar-refractivity contribution < 1.29 is 33.4 Å². The summed E-state index contributed by atoms with van der Waals surface area (Å²) in [5.41, 5.74) is 0.679. The van der Waals surface area contributed by atoms with E-state index in [0.29, 0.717) is 22.9 Å². The maximum atomic E-state index is 13.6. The molecular formula is C42H34N4O9. The van der Waals surface area contributed by atoms with E-state index >= 15 is 0 Å². The van der Waals surface area contributed by atoms with Gasteiger partial charge in [0.2, 0.25) is 11.6 Å². The van der Waals surface area contributed by atoms with Gasteiger partial charge < -0.3 is 14.2 Å². The van der Waals surface area contributed by atoms with Crippen LogP contribution >= 0.6 is 0 Å². The van der Waals surface area contributed by atoms with Gasteiger partial charge in [-0.05, 0) is 113 Å². The summed E-state index contributed by atoms with van der Waals surface area (Å²) < 4.78 is 18.1. The van der Waals surface area contributed by atoms with Gasteiger partial charge in [-0.2, -0.15) is 19.6 Å². The number of ketones is 2. The van der Waals surface area contributed by atoms with E-state index in [4.69, 9.17) is 14.2 Å². The van der Waals surface area contributed by atoms with Crippen LogP contribution in [-0.2, 0) is 9.47 Å². The van der Waals surface area contributed by atoms with Crippen molar-refractivity contribution in [1.82, 2.24) is 19.6 Å². The van der Waals surface area contributed by atoms with Gasteiger partial charge in [0.05, 0.1) is 24.6 Å². The Bertz CT molecular complexity index is 2360. The van der Waals surface area contributed by atoms with Gasteiger partial charge in [-0.3, -0.25) is 19.2 Å². The largest absolute Gasteiger partial charge is 0.462 e. The molecule has 2 heterocycles. The van der Waals surface area contributed by atoms with Crippen molar-refractivity contribution >= 4 is 23.5 Å². The lowest BCUT2D eigenvalue weighted by Crippen LogP contribution is -2.30. The SMILES string of the molecule is CCOC(=O)c1cc(C(=O)c2ccc(Oc3ccc(C(=O)c4cc(C(=O)OCC)c(=O)n(-c5ccc(C)cc5)n4)cc3)cc2)nn(-c2ccc(C)cc2)c1=O. The van der Waals surface area contributed by atoms with E-state index in [1.54, 1.807) is 86.6 Å². The molecule has 13 heteroatoms. The first kappa shape index (κ1) is 37.5.